The van der Waals surface area contributed by atoms with Gasteiger partial charge in [0.15, 0.2) is 5.96 Å². The van der Waals surface area contributed by atoms with Crippen LogP contribution in [-0.2, 0) is 4.74 Å². The quantitative estimate of drug-likeness (QED) is 0.316. The third kappa shape index (κ3) is 5.81. The van der Waals surface area contributed by atoms with Gasteiger partial charge in [0.25, 0.3) is 0 Å². The molecule has 6 heteroatoms. The Labute approximate surface area is 166 Å². The lowest BCUT2D eigenvalue weighted by Crippen LogP contribution is -2.42. The zero-order chi connectivity index (χ0) is 15.9. The molecule has 0 aliphatic carbocycles. The van der Waals surface area contributed by atoms with Gasteiger partial charge in [0.2, 0.25) is 0 Å². The smallest absolute Gasteiger partial charge is 0.193 e. The lowest BCUT2D eigenvalue weighted by molar-refractivity contribution is 0.186. The Kier molecular flexibility index (Phi) is 8.69. The Morgan fingerprint density at radius 1 is 1.29 bits per heavy atom. The highest BCUT2D eigenvalue weighted by Crippen LogP contribution is 2.25. The fourth-order valence-corrected chi connectivity index (χ4v) is 4.25. The molecule has 2 fully saturated rings. The van der Waals surface area contributed by atoms with Crippen molar-refractivity contribution in [2.24, 2.45) is 16.8 Å². The van der Waals surface area contributed by atoms with Crippen molar-refractivity contribution in [1.82, 2.24) is 10.2 Å². The first-order chi connectivity index (χ1) is 11.3. The minimum absolute atomic E-state index is 0. The van der Waals surface area contributed by atoms with E-state index in [1.807, 2.05) is 18.8 Å². The molecule has 0 radical (unpaired) electrons. The summed E-state index contributed by atoms with van der Waals surface area (Å²) in [6, 6.07) is 10.7. The van der Waals surface area contributed by atoms with Crippen LogP contribution in [0.3, 0.4) is 0 Å². The lowest BCUT2D eigenvalue weighted by atomic mass is 10.1. The van der Waals surface area contributed by atoms with E-state index in [9.17, 15) is 0 Å². The molecule has 2 aliphatic rings. The van der Waals surface area contributed by atoms with Gasteiger partial charge < -0.3 is 15.0 Å². The largest absolute Gasteiger partial charge is 0.381 e. The van der Waals surface area contributed by atoms with Crippen LogP contribution >= 0.6 is 35.7 Å². The van der Waals surface area contributed by atoms with E-state index in [0.29, 0.717) is 5.92 Å². The van der Waals surface area contributed by atoms with Crippen molar-refractivity contribution in [3.8, 4) is 0 Å². The normalized spacial score (nSPS) is 24.0. The second-order valence-electron chi connectivity index (χ2n) is 6.38. The van der Waals surface area contributed by atoms with E-state index in [1.165, 1.54) is 23.5 Å². The molecule has 0 amide bonds. The summed E-state index contributed by atoms with van der Waals surface area (Å²) in [5.74, 6) is 3.63. The highest BCUT2D eigenvalue weighted by Gasteiger charge is 2.25. The zero-order valence-electron chi connectivity index (χ0n) is 14.3. The van der Waals surface area contributed by atoms with Gasteiger partial charge in [-0.3, -0.25) is 4.99 Å². The number of benzene rings is 1. The van der Waals surface area contributed by atoms with Gasteiger partial charge in [-0.05, 0) is 30.9 Å². The van der Waals surface area contributed by atoms with Gasteiger partial charge in [0.1, 0.15) is 0 Å². The van der Waals surface area contributed by atoms with Crippen LogP contribution in [0.25, 0.3) is 0 Å². The molecule has 1 aromatic rings. The first-order valence-corrected chi connectivity index (χ1v) is 9.55. The van der Waals surface area contributed by atoms with Gasteiger partial charge in [0, 0.05) is 49.9 Å². The number of likely N-dealkylation sites (tertiary alicyclic amines) is 1. The number of rotatable bonds is 5. The van der Waals surface area contributed by atoms with Crippen molar-refractivity contribution in [2.45, 2.75) is 17.7 Å². The van der Waals surface area contributed by atoms with Crippen molar-refractivity contribution < 1.29 is 4.74 Å². The standard InChI is InChI=1S/C18H27N3OS.HI/c1-19-18(20-11-15-8-10-22-13-15)21-9-7-16(12-21)14-23-17-5-3-2-4-6-17;/h2-6,15-16H,7-14H2,1H3,(H,19,20);1H. The summed E-state index contributed by atoms with van der Waals surface area (Å²) >= 11 is 1.97. The molecular weight excluding hydrogens is 433 g/mol. The maximum absolute atomic E-state index is 5.44. The van der Waals surface area contributed by atoms with Crippen molar-refractivity contribution >= 4 is 41.7 Å². The first kappa shape index (κ1) is 19.8. The average molecular weight is 461 g/mol. The van der Waals surface area contributed by atoms with E-state index in [4.69, 9.17) is 4.74 Å². The van der Waals surface area contributed by atoms with Crippen LogP contribution in [0.2, 0.25) is 0 Å². The molecule has 0 bridgehead atoms. The highest BCUT2D eigenvalue weighted by molar-refractivity contribution is 14.0. The molecule has 1 aromatic carbocycles. The summed E-state index contributed by atoms with van der Waals surface area (Å²) in [7, 11) is 1.89. The van der Waals surface area contributed by atoms with Gasteiger partial charge in [-0.25, -0.2) is 0 Å². The van der Waals surface area contributed by atoms with Crippen molar-refractivity contribution in [1.29, 1.82) is 0 Å². The number of hydrogen-bond donors (Lipinski definition) is 1. The maximum Gasteiger partial charge on any atom is 0.193 e. The number of hydrogen-bond acceptors (Lipinski definition) is 3. The predicted molar refractivity (Wildman–Crippen MR) is 113 cm³/mol. The van der Waals surface area contributed by atoms with Crippen molar-refractivity contribution in [3.63, 3.8) is 0 Å². The van der Waals surface area contributed by atoms with Crippen LogP contribution < -0.4 is 5.32 Å². The van der Waals surface area contributed by atoms with Crippen molar-refractivity contribution in [2.75, 3.05) is 45.6 Å². The van der Waals surface area contributed by atoms with E-state index in [2.05, 4.69) is 45.5 Å². The van der Waals surface area contributed by atoms with Crippen molar-refractivity contribution in [3.05, 3.63) is 30.3 Å². The van der Waals surface area contributed by atoms with E-state index in [1.54, 1.807) is 0 Å². The number of thioether (sulfide) groups is 1. The lowest BCUT2D eigenvalue weighted by Gasteiger charge is -2.23. The number of guanidine groups is 1. The molecule has 2 unspecified atom stereocenters. The first-order valence-electron chi connectivity index (χ1n) is 8.56. The average Bonchev–Trinajstić information content (AvgIpc) is 3.26. The fourth-order valence-electron chi connectivity index (χ4n) is 3.20. The molecule has 2 atom stereocenters. The molecule has 2 saturated heterocycles. The second-order valence-corrected chi connectivity index (χ2v) is 7.48. The summed E-state index contributed by atoms with van der Waals surface area (Å²) in [6.07, 6.45) is 2.42. The Morgan fingerprint density at radius 2 is 2.12 bits per heavy atom. The monoisotopic (exact) mass is 461 g/mol. The van der Waals surface area contributed by atoms with E-state index >= 15 is 0 Å². The number of nitrogens with one attached hydrogen (secondary N) is 1. The Balaban J connectivity index is 0.00000208. The van der Waals surface area contributed by atoms with E-state index in [-0.39, 0.29) is 24.0 Å². The Hall–Kier alpha value is -0.470. The highest BCUT2D eigenvalue weighted by atomic mass is 127. The topological polar surface area (TPSA) is 36.9 Å². The van der Waals surface area contributed by atoms with Gasteiger partial charge in [0.05, 0.1) is 6.61 Å². The molecular formula is C18H28IN3OS. The van der Waals surface area contributed by atoms with Crippen LogP contribution in [-0.4, -0.2) is 56.5 Å². The molecule has 0 aromatic heterocycles. The molecule has 134 valence electrons. The third-order valence-electron chi connectivity index (χ3n) is 4.60. The minimum atomic E-state index is 0. The second kappa shape index (κ2) is 10.5. The van der Waals surface area contributed by atoms with Crippen LogP contribution in [0.5, 0.6) is 0 Å². The summed E-state index contributed by atoms with van der Waals surface area (Å²) in [6.45, 7) is 5.00. The van der Waals surface area contributed by atoms with Crippen LogP contribution in [0.4, 0.5) is 0 Å². The Morgan fingerprint density at radius 3 is 2.83 bits per heavy atom. The number of aliphatic imine (C=N–C) groups is 1. The maximum atomic E-state index is 5.44. The van der Waals surface area contributed by atoms with Gasteiger partial charge in [-0.15, -0.1) is 35.7 Å². The van der Waals surface area contributed by atoms with Crippen LogP contribution in [0.1, 0.15) is 12.8 Å². The SMILES string of the molecule is CN=C(NCC1CCOC1)N1CCC(CSc2ccccc2)C1.I. The number of halogens is 1. The zero-order valence-corrected chi connectivity index (χ0v) is 17.5. The molecule has 2 aliphatic heterocycles. The molecule has 0 saturated carbocycles. The molecule has 0 spiro atoms. The summed E-state index contributed by atoms with van der Waals surface area (Å²) < 4.78 is 5.44. The van der Waals surface area contributed by atoms with Gasteiger partial charge in [-0.2, -0.15) is 0 Å². The number of nitrogens with zero attached hydrogens (tertiary/aromatic N) is 2. The summed E-state index contributed by atoms with van der Waals surface area (Å²) in [5.41, 5.74) is 0. The molecule has 24 heavy (non-hydrogen) atoms. The van der Waals surface area contributed by atoms with Crippen LogP contribution in [0.15, 0.2) is 40.2 Å². The van der Waals surface area contributed by atoms with Gasteiger partial charge >= 0.3 is 0 Å². The predicted octanol–water partition coefficient (Wildman–Crippen LogP) is 3.33. The van der Waals surface area contributed by atoms with E-state index in [0.717, 1.165) is 44.7 Å². The molecule has 3 rings (SSSR count). The van der Waals surface area contributed by atoms with E-state index < -0.39 is 0 Å². The van der Waals surface area contributed by atoms with Gasteiger partial charge in [-0.1, -0.05) is 18.2 Å². The summed E-state index contributed by atoms with van der Waals surface area (Å²) in [5, 5.41) is 3.54. The fraction of sp³-hybridized carbons (Fsp3) is 0.611. The number of ether oxygens (including phenoxy) is 1. The summed E-state index contributed by atoms with van der Waals surface area (Å²) in [4.78, 5) is 8.25. The molecule has 1 N–H and O–H groups in total. The van der Waals surface area contributed by atoms with Crippen LogP contribution in [0, 0.1) is 11.8 Å². The molecule has 4 nitrogen and oxygen atoms in total. The molecule has 2 heterocycles. The Bertz CT molecular complexity index is 508. The minimum Gasteiger partial charge on any atom is -0.381 e. The third-order valence-corrected chi connectivity index (χ3v) is 5.84.